The van der Waals surface area contributed by atoms with Gasteiger partial charge in [-0.1, -0.05) is 42.5 Å². The van der Waals surface area contributed by atoms with Gasteiger partial charge in [-0.15, -0.1) is 0 Å². The van der Waals surface area contributed by atoms with Crippen LogP contribution in [0.15, 0.2) is 90.5 Å². The summed E-state index contributed by atoms with van der Waals surface area (Å²) in [6.45, 7) is 3.97. The highest BCUT2D eigenvalue weighted by atomic mass is 16.3. The van der Waals surface area contributed by atoms with Crippen LogP contribution in [0.5, 0.6) is 5.75 Å². The number of carbonyl (C=O) groups excluding carboxylic acids is 1. The van der Waals surface area contributed by atoms with E-state index in [1.165, 1.54) is 12.1 Å². The minimum Gasteiger partial charge on any atom is -0.508 e. The molecule has 1 aromatic heterocycles. The van der Waals surface area contributed by atoms with Crippen molar-refractivity contribution in [3.05, 3.63) is 107 Å². The van der Waals surface area contributed by atoms with Crippen molar-refractivity contribution in [3.63, 3.8) is 0 Å². The molecule has 0 fully saturated rings. The van der Waals surface area contributed by atoms with Crippen LogP contribution in [0.4, 0.5) is 5.69 Å². The molecule has 162 valence electrons. The molecule has 0 aliphatic carbocycles. The van der Waals surface area contributed by atoms with Crippen molar-refractivity contribution in [3.8, 4) is 28.6 Å². The van der Waals surface area contributed by atoms with Crippen LogP contribution in [-0.2, 0) is 4.79 Å². The van der Waals surface area contributed by atoms with Crippen molar-refractivity contribution in [2.24, 2.45) is 0 Å². The molecule has 0 spiro atoms. The van der Waals surface area contributed by atoms with Crippen LogP contribution in [0.1, 0.15) is 17.0 Å². The monoisotopic (exact) mass is 433 g/mol. The Labute approximate surface area is 192 Å². The summed E-state index contributed by atoms with van der Waals surface area (Å²) in [5.74, 6) is -0.395. The van der Waals surface area contributed by atoms with Crippen molar-refractivity contribution in [1.29, 1.82) is 5.26 Å². The van der Waals surface area contributed by atoms with Crippen LogP contribution in [0.3, 0.4) is 0 Å². The van der Waals surface area contributed by atoms with Gasteiger partial charge in [0.05, 0.1) is 0 Å². The molecule has 5 heteroatoms. The van der Waals surface area contributed by atoms with Crippen molar-refractivity contribution in [1.82, 2.24) is 4.57 Å². The number of amides is 1. The highest BCUT2D eigenvalue weighted by molar-refractivity contribution is 6.09. The van der Waals surface area contributed by atoms with Crippen LogP contribution < -0.4 is 5.32 Å². The van der Waals surface area contributed by atoms with Crippen molar-refractivity contribution in [2.75, 3.05) is 5.32 Å². The van der Waals surface area contributed by atoms with E-state index in [0.29, 0.717) is 5.69 Å². The molecular formula is C28H23N3O2. The van der Waals surface area contributed by atoms with Gasteiger partial charge in [-0.3, -0.25) is 4.79 Å². The third kappa shape index (κ3) is 4.70. The highest BCUT2D eigenvalue weighted by Crippen LogP contribution is 2.26. The van der Waals surface area contributed by atoms with Crippen molar-refractivity contribution < 1.29 is 9.90 Å². The van der Waals surface area contributed by atoms with Crippen molar-refractivity contribution >= 4 is 17.7 Å². The molecule has 4 rings (SSSR count). The van der Waals surface area contributed by atoms with Gasteiger partial charge >= 0.3 is 0 Å². The summed E-state index contributed by atoms with van der Waals surface area (Å²) in [6.07, 6.45) is 1.60. The molecule has 0 atom stereocenters. The van der Waals surface area contributed by atoms with Gasteiger partial charge in [0.2, 0.25) is 0 Å². The van der Waals surface area contributed by atoms with E-state index in [1.807, 2.05) is 44.2 Å². The normalized spacial score (nSPS) is 11.1. The topological polar surface area (TPSA) is 78.1 Å². The van der Waals surface area contributed by atoms with Crippen molar-refractivity contribution in [2.45, 2.75) is 13.8 Å². The van der Waals surface area contributed by atoms with Gasteiger partial charge in [-0.05, 0) is 79.1 Å². The first kappa shape index (κ1) is 21.7. The SMILES string of the molecule is Cc1cc(/C=C(\C#N)C(=O)Nc2ccc(O)cc2)c(C)n1-c1ccc(-c2ccccc2)cc1. The molecule has 0 bridgehead atoms. The number of rotatable bonds is 5. The molecule has 0 aliphatic heterocycles. The number of phenols is 1. The fourth-order valence-corrected chi connectivity index (χ4v) is 3.81. The van der Waals surface area contributed by atoms with E-state index in [9.17, 15) is 15.2 Å². The number of nitrogens with zero attached hydrogens (tertiary/aromatic N) is 2. The molecule has 4 aromatic rings. The van der Waals surface area contributed by atoms with Crippen LogP contribution in [0.25, 0.3) is 22.9 Å². The number of nitrogens with one attached hydrogen (secondary N) is 1. The second kappa shape index (κ2) is 9.29. The van der Waals surface area contributed by atoms with E-state index in [4.69, 9.17) is 0 Å². The van der Waals surface area contributed by atoms with E-state index in [-0.39, 0.29) is 11.3 Å². The summed E-state index contributed by atoms with van der Waals surface area (Å²) in [6, 6.07) is 28.6. The number of aryl methyl sites for hydroxylation is 1. The Hall–Kier alpha value is -4.56. The molecule has 0 aliphatic rings. The lowest BCUT2D eigenvalue weighted by Gasteiger charge is -2.11. The number of hydrogen-bond donors (Lipinski definition) is 2. The second-order valence-corrected chi connectivity index (χ2v) is 7.75. The number of aromatic nitrogens is 1. The average Bonchev–Trinajstić information content (AvgIpc) is 3.12. The molecule has 1 heterocycles. The number of aromatic hydroxyl groups is 1. The molecule has 3 aromatic carbocycles. The quantitative estimate of drug-likeness (QED) is 0.230. The lowest BCUT2D eigenvalue weighted by molar-refractivity contribution is -0.112. The second-order valence-electron chi connectivity index (χ2n) is 7.75. The standard InChI is InChI=1S/C28H23N3O2/c1-19-16-23(17-24(18-29)28(33)30-25-10-14-27(32)15-11-25)20(2)31(19)26-12-8-22(9-13-26)21-6-4-3-5-7-21/h3-17,32H,1-2H3,(H,30,33)/b24-17+. The fraction of sp³-hybridized carbons (Fsp3) is 0.0714. The fourth-order valence-electron chi connectivity index (χ4n) is 3.81. The summed E-state index contributed by atoms with van der Waals surface area (Å²) < 4.78 is 2.10. The molecule has 0 saturated carbocycles. The first-order chi connectivity index (χ1) is 16.0. The summed E-state index contributed by atoms with van der Waals surface area (Å²) in [5, 5.41) is 21.7. The van der Waals surface area contributed by atoms with E-state index in [0.717, 1.165) is 33.8 Å². The Morgan fingerprint density at radius 1 is 0.939 bits per heavy atom. The largest absolute Gasteiger partial charge is 0.508 e. The number of nitriles is 1. The summed E-state index contributed by atoms with van der Waals surface area (Å²) in [4.78, 5) is 12.6. The van der Waals surface area contributed by atoms with Crippen LogP contribution in [-0.4, -0.2) is 15.6 Å². The van der Waals surface area contributed by atoms with Gasteiger partial charge in [-0.25, -0.2) is 0 Å². The zero-order valence-electron chi connectivity index (χ0n) is 18.4. The first-order valence-corrected chi connectivity index (χ1v) is 10.5. The summed E-state index contributed by atoms with van der Waals surface area (Å²) in [7, 11) is 0. The predicted octanol–water partition coefficient (Wildman–Crippen LogP) is 6.01. The maximum atomic E-state index is 12.6. The van der Waals surface area contributed by atoms with Gasteiger partial charge in [0.25, 0.3) is 5.91 Å². The van der Waals surface area contributed by atoms with Crippen LogP contribution in [0.2, 0.25) is 0 Å². The lowest BCUT2D eigenvalue weighted by Crippen LogP contribution is -2.13. The molecule has 0 unspecified atom stereocenters. The number of hydrogen-bond acceptors (Lipinski definition) is 3. The van der Waals surface area contributed by atoms with E-state index < -0.39 is 5.91 Å². The molecule has 0 radical (unpaired) electrons. The Morgan fingerprint density at radius 2 is 1.58 bits per heavy atom. The molecule has 5 nitrogen and oxygen atoms in total. The number of benzene rings is 3. The van der Waals surface area contributed by atoms with E-state index in [1.54, 1.807) is 18.2 Å². The Morgan fingerprint density at radius 3 is 2.21 bits per heavy atom. The third-order valence-electron chi connectivity index (χ3n) is 5.49. The number of phenolic OH excluding ortho intramolecular Hbond substituents is 1. The highest BCUT2D eigenvalue weighted by Gasteiger charge is 2.14. The zero-order chi connectivity index (χ0) is 23.4. The molecule has 33 heavy (non-hydrogen) atoms. The number of anilines is 1. The van der Waals surface area contributed by atoms with Gasteiger partial charge < -0.3 is 15.0 Å². The zero-order valence-corrected chi connectivity index (χ0v) is 18.4. The molecule has 0 saturated heterocycles. The average molecular weight is 434 g/mol. The minimum atomic E-state index is -0.500. The Balaban J connectivity index is 1.61. The van der Waals surface area contributed by atoms with Crippen LogP contribution >= 0.6 is 0 Å². The van der Waals surface area contributed by atoms with Crippen LogP contribution in [0, 0.1) is 25.2 Å². The molecule has 1 amide bonds. The Kier molecular flexibility index (Phi) is 6.10. The predicted molar refractivity (Wildman–Crippen MR) is 131 cm³/mol. The summed E-state index contributed by atoms with van der Waals surface area (Å²) in [5.41, 5.74) is 6.55. The minimum absolute atomic E-state index is 0.00255. The Bertz CT molecular complexity index is 1360. The first-order valence-electron chi connectivity index (χ1n) is 10.5. The third-order valence-corrected chi connectivity index (χ3v) is 5.49. The number of carbonyl (C=O) groups is 1. The van der Waals surface area contributed by atoms with E-state index >= 15 is 0 Å². The molecular weight excluding hydrogens is 410 g/mol. The smallest absolute Gasteiger partial charge is 0.266 e. The van der Waals surface area contributed by atoms with Gasteiger partial charge in [0.15, 0.2) is 0 Å². The van der Waals surface area contributed by atoms with Gasteiger partial charge in [-0.2, -0.15) is 5.26 Å². The maximum Gasteiger partial charge on any atom is 0.266 e. The lowest BCUT2D eigenvalue weighted by atomic mass is 10.1. The van der Waals surface area contributed by atoms with E-state index in [2.05, 4.69) is 46.3 Å². The maximum absolute atomic E-state index is 12.6. The summed E-state index contributed by atoms with van der Waals surface area (Å²) >= 11 is 0. The van der Waals surface area contributed by atoms with Gasteiger partial charge in [0.1, 0.15) is 17.4 Å². The van der Waals surface area contributed by atoms with Gasteiger partial charge in [0, 0.05) is 22.8 Å². The molecule has 2 N–H and O–H groups in total.